The van der Waals surface area contributed by atoms with E-state index in [1.165, 1.54) is 0 Å². The summed E-state index contributed by atoms with van der Waals surface area (Å²) in [4.78, 5) is 13.7. The summed E-state index contributed by atoms with van der Waals surface area (Å²) in [6.45, 7) is 7.11. The molecular formula is C14H26N2O3. The van der Waals surface area contributed by atoms with E-state index in [4.69, 9.17) is 15.2 Å². The van der Waals surface area contributed by atoms with Gasteiger partial charge in [0.05, 0.1) is 12.2 Å². The van der Waals surface area contributed by atoms with Gasteiger partial charge in [0.25, 0.3) is 0 Å². The van der Waals surface area contributed by atoms with Gasteiger partial charge >= 0.3 is 6.09 Å². The molecule has 0 unspecified atom stereocenters. The quantitative estimate of drug-likeness (QED) is 0.832. The first-order valence-corrected chi connectivity index (χ1v) is 7.22. The number of likely N-dealkylation sites (tertiary alicyclic amines) is 1. The molecule has 19 heavy (non-hydrogen) atoms. The molecule has 1 aliphatic heterocycles. The summed E-state index contributed by atoms with van der Waals surface area (Å²) in [6.07, 6.45) is 4.15. The van der Waals surface area contributed by atoms with Crippen molar-refractivity contribution in [3.63, 3.8) is 0 Å². The lowest BCUT2D eigenvalue weighted by Gasteiger charge is -2.38. The van der Waals surface area contributed by atoms with Crippen LogP contribution in [-0.4, -0.2) is 47.9 Å². The molecule has 5 heteroatoms. The number of ether oxygens (including phenoxy) is 2. The maximum Gasteiger partial charge on any atom is 0.410 e. The van der Waals surface area contributed by atoms with Crippen LogP contribution < -0.4 is 5.73 Å². The fraction of sp³-hybridized carbons (Fsp3) is 0.929. The molecule has 0 aromatic heterocycles. The third kappa shape index (κ3) is 4.35. The van der Waals surface area contributed by atoms with Gasteiger partial charge in [-0.3, -0.25) is 0 Å². The minimum absolute atomic E-state index is 0.211. The number of nitrogens with zero attached hydrogens (tertiary/aromatic N) is 1. The summed E-state index contributed by atoms with van der Waals surface area (Å²) in [5.74, 6) is 0. The molecule has 1 heterocycles. The maximum absolute atomic E-state index is 11.9. The number of hydrogen-bond acceptors (Lipinski definition) is 4. The van der Waals surface area contributed by atoms with Crippen molar-refractivity contribution in [1.82, 2.24) is 4.90 Å². The van der Waals surface area contributed by atoms with Crippen LogP contribution in [0, 0.1) is 0 Å². The van der Waals surface area contributed by atoms with Gasteiger partial charge in [0.2, 0.25) is 0 Å². The van der Waals surface area contributed by atoms with Crippen molar-refractivity contribution in [3.05, 3.63) is 0 Å². The van der Waals surface area contributed by atoms with Gasteiger partial charge in [0.1, 0.15) is 5.60 Å². The third-order valence-corrected chi connectivity index (χ3v) is 3.61. The van der Waals surface area contributed by atoms with Gasteiger partial charge in [-0.15, -0.1) is 0 Å². The van der Waals surface area contributed by atoms with Crippen molar-refractivity contribution < 1.29 is 14.3 Å². The Balaban J connectivity index is 1.68. The van der Waals surface area contributed by atoms with Crippen molar-refractivity contribution in [1.29, 1.82) is 0 Å². The first-order chi connectivity index (χ1) is 8.83. The number of carbonyl (C=O) groups excluding carboxylic acids is 1. The topological polar surface area (TPSA) is 64.8 Å². The van der Waals surface area contributed by atoms with Gasteiger partial charge in [-0.2, -0.15) is 0 Å². The highest BCUT2D eigenvalue weighted by Crippen LogP contribution is 2.26. The normalized spacial score (nSPS) is 28.9. The van der Waals surface area contributed by atoms with Crippen LogP contribution in [0.15, 0.2) is 0 Å². The van der Waals surface area contributed by atoms with Crippen LogP contribution in [-0.2, 0) is 9.47 Å². The van der Waals surface area contributed by atoms with Crippen molar-refractivity contribution in [2.24, 2.45) is 5.73 Å². The molecule has 0 atom stereocenters. The van der Waals surface area contributed by atoms with Gasteiger partial charge < -0.3 is 20.1 Å². The number of hydrogen-bond donors (Lipinski definition) is 1. The largest absolute Gasteiger partial charge is 0.444 e. The molecule has 0 spiro atoms. The molecule has 1 amide bonds. The third-order valence-electron chi connectivity index (χ3n) is 3.61. The van der Waals surface area contributed by atoms with Crippen LogP contribution in [0.5, 0.6) is 0 Å². The average molecular weight is 270 g/mol. The molecule has 0 radical (unpaired) electrons. The molecular weight excluding hydrogens is 244 g/mol. The zero-order valence-electron chi connectivity index (χ0n) is 12.2. The van der Waals surface area contributed by atoms with Crippen LogP contribution in [0.1, 0.15) is 46.5 Å². The minimum Gasteiger partial charge on any atom is -0.444 e. The second-order valence-corrected chi connectivity index (χ2v) is 6.66. The Morgan fingerprint density at radius 3 is 2.21 bits per heavy atom. The molecule has 2 aliphatic rings. The fourth-order valence-electron chi connectivity index (χ4n) is 2.49. The van der Waals surface area contributed by atoms with Gasteiger partial charge in [0, 0.05) is 19.1 Å². The number of carbonyl (C=O) groups is 1. The van der Waals surface area contributed by atoms with E-state index >= 15 is 0 Å². The molecule has 2 N–H and O–H groups in total. The van der Waals surface area contributed by atoms with Crippen LogP contribution in [0.4, 0.5) is 4.79 Å². The number of amides is 1. The zero-order valence-corrected chi connectivity index (χ0v) is 12.2. The van der Waals surface area contributed by atoms with Gasteiger partial charge in [-0.05, 0) is 46.5 Å². The Bertz CT molecular complexity index is 313. The number of rotatable bonds is 2. The predicted molar refractivity (Wildman–Crippen MR) is 72.9 cm³/mol. The van der Waals surface area contributed by atoms with Gasteiger partial charge in [-0.25, -0.2) is 4.79 Å². The summed E-state index contributed by atoms with van der Waals surface area (Å²) in [7, 11) is 0. The highest BCUT2D eigenvalue weighted by Gasteiger charge is 2.32. The monoisotopic (exact) mass is 270 g/mol. The molecule has 110 valence electrons. The SMILES string of the molecule is CC(C)(C)OC(=O)N1CCC(OC2CC(N)C2)CC1. The Hall–Kier alpha value is -0.810. The van der Waals surface area contributed by atoms with E-state index in [0.29, 0.717) is 12.1 Å². The van der Waals surface area contributed by atoms with Crippen molar-refractivity contribution in [3.8, 4) is 0 Å². The van der Waals surface area contributed by atoms with Gasteiger partial charge in [0.15, 0.2) is 0 Å². The van der Waals surface area contributed by atoms with E-state index in [-0.39, 0.29) is 12.2 Å². The summed E-state index contributed by atoms with van der Waals surface area (Å²) in [5.41, 5.74) is 5.32. The Labute approximate surface area is 115 Å². The molecule has 2 rings (SSSR count). The van der Waals surface area contributed by atoms with Crippen LogP contribution in [0.25, 0.3) is 0 Å². The number of nitrogens with two attached hydrogens (primary N) is 1. The van der Waals surface area contributed by atoms with Crippen molar-refractivity contribution in [2.45, 2.75) is 70.3 Å². The van der Waals surface area contributed by atoms with E-state index in [0.717, 1.165) is 38.8 Å². The molecule has 0 aromatic rings. The summed E-state index contributed by atoms with van der Waals surface area (Å²) >= 11 is 0. The van der Waals surface area contributed by atoms with E-state index in [9.17, 15) is 4.79 Å². The second kappa shape index (κ2) is 5.67. The molecule has 5 nitrogen and oxygen atoms in total. The maximum atomic E-state index is 11.9. The highest BCUT2D eigenvalue weighted by molar-refractivity contribution is 5.68. The zero-order chi connectivity index (χ0) is 14.0. The first kappa shape index (κ1) is 14.6. The summed E-state index contributed by atoms with van der Waals surface area (Å²) in [6, 6.07) is 0.326. The lowest BCUT2D eigenvalue weighted by Crippen LogP contribution is -2.47. The lowest BCUT2D eigenvalue weighted by molar-refractivity contribution is -0.0800. The minimum atomic E-state index is -0.424. The van der Waals surface area contributed by atoms with Crippen molar-refractivity contribution >= 4 is 6.09 Å². The second-order valence-electron chi connectivity index (χ2n) is 6.66. The Kier molecular flexibility index (Phi) is 4.36. The van der Waals surface area contributed by atoms with E-state index in [2.05, 4.69) is 0 Å². The van der Waals surface area contributed by atoms with Gasteiger partial charge in [-0.1, -0.05) is 0 Å². The smallest absolute Gasteiger partial charge is 0.410 e. The molecule has 2 fully saturated rings. The number of piperidine rings is 1. The van der Waals surface area contributed by atoms with E-state index < -0.39 is 5.60 Å². The predicted octanol–water partition coefficient (Wildman–Crippen LogP) is 1.89. The van der Waals surface area contributed by atoms with Crippen LogP contribution in [0.2, 0.25) is 0 Å². The molecule has 1 saturated carbocycles. The Morgan fingerprint density at radius 2 is 1.74 bits per heavy atom. The van der Waals surface area contributed by atoms with Crippen LogP contribution in [0.3, 0.4) is 0 Å². The summed E-state index contributed by atoms with van der Waals surface area (Å²) < 4.78 is 11.3. The molecule has 1 saturated heterocycles. The standard InChI is InChI=1S/C14H26N2O3/c1-14(2,3)19-13(17)16-6-4-11(5-7-16)18-12-8-10(15)9-12/h10-12H,4-9,15H2,1-3H3. The average Bonchev–Trinajstić information content (AvgIpc) is 2.25. The fourth-order valence-corrected chi connectivity index (χ4v) is 2.49. The molecule has 0 aromatic carbocycles. The lowest BCUT2D eigenvalue weighted by atomic mass is 9.90. The van der Waals surface area contributed by atoms with E-state index in [1.807, 2.05) is 20.8 Å². The Morgan fingerprint density at radius 1 is 1.16 bits per heavy atom. The van der Waals surface area contributed by atoms with Crippen molar-refractivity contribution in [2.75, 3.05) is 13.1 Å². The summed E-state index contributed by atoms with van der Waals surface area (Å²) in [5, 5.41) is 0. The first-order valence-electron chi connectivity index (χ1n) is 7.22. The highest BCUT2D eigenvalue weighted by atomic mass is 16.6. The van der Waals surface area contributed by atoms with Crippen LogP contribution >= 0.6 is 0 Å². The molecule has 1 aliphatic carbocycles. The molecule has 0 bridgehead atoms. The van der Waals surface area contributed by atoms with E-state index in [1.54, 1.807) is 4.90 Å².